The summed E-state index contributed by atoms with van der Waals surface area (Å²) in [5.74, 6) is 1.85. The highest BCUT2D eigenvalue weighted by Crippen LogP contribution is 2.33. The van der Waals surface area contributed by atoms with Gasteiger partial charge in [0, 0.05) is 12.2 Å². The van der Waals surface area contributed by atoms with Crippen LogP contribution in [0.5, 0.6) is 5.75 Å². The van der Waals surface area contributed by atoms with E-state index in [1.54, 1.807) is 13.3 Å². The summed E-state index contributed by atoms with van der Waals surface area (Å²) in [4.78, 5) is 6.89. The maximum atomic E-state index is 5.23. The minimum Gasteiger partial charge on any atom is -0.495 e. The summed E-state index contributed by atoms with van der Waals surface area (Å²) < 4.78 is 5.23. The van der Waals surface area contributed by atoms with Crippen molar-refractivity contribution in [3.05, 3.63) is 24.0 Å². The molecule has 3 nitrogen and oxygen atoms in total. The van der Waals surface area contributed by atoms with Gasteiger partial charge in [0.05, 0.1) is 13.3 Å². The molecule has 0 radical (unpaired) electrons. The van der Waals surface area contributed by atoms with Gasteiger partial charge in [0.2, 0.25) is 0 Å². The van der Waals surface area contributed by atoms with Gasteiger partial charge in [-0.1, -0.05) is 0 Å². The van der Waals surface area contributed by atoms with Crippen LogP contribution in [0.15, 0.2) is 18.5 Å². The molecule has 1 atom stereocenters. The first-order valence-corrected chi connectivity index (χ1v) is 6.57. The third-order valence-corrected chi connectivity index (χ3v) is 4.25. The molecule has 3 saturated heterocycles. The monoisotopic (exact) mass is 232 g/mol. The number of methoxy groups -OCH3 is 1. The van der Waals surface area contributed by atoms with Crippen LogP contribution in [0.3, 0.4) is 0 Å². The molecule has 0 amide bonds. The van der Waals surface area contributed by atoms with Gasteiger partial charge in [-0.15, -0.1) is 0 Å². The van der Waals surface area contributed by atoms with Gasteiger partial charge in [0.25, 0.3) is 0 Å². The molecule has 17 heavy (non-hydrogen) atoms. The van der Waals surface area contributed by atoms with Crippen LogP contribution in [0.2, 0.25) is 0 Å². The van der Waals surface area contributed by atoms with Crippen LogP contribution in [0.1, 0.15) is 24.8 Å². The van der Waals surface area contributed by atoms with E-state index in [1.807, 2.05) is 6.20 Å². The molecule has 2 bridgehead atoms. The van der Waals surface area contributed by atoms with Gasteiger partial charge in [-0.2, -0.15) is 0 Å². The molecule has 0 aromatic carbocycles. The SMILES string of the molecule is COc1cncc(CC2CC3CCN2CC3)c1. The van der Waals surface area contributed by atoms with Crippen molar-refractivity contribution in [2.45, 2.75) is 31.7 Å². The molecule has 0 aliphatic carbocycles. The van der Waals surface area contributed by atoms with E-state index in [2.05, 4.69) is 16.0 Å². The molecule has 3 fully saturated rings. The number of ether oxygens (including phenoxy) is 1. The maximum Gasteiger partial charge on any atom is 0.137 e. The number of fused-ring (bicyclic) bond motifs is 3. The van der Waals surface area contributed by atoms with E-state index in [4.69, 9.17) is 4.74 Å². The van der Waals surface area contributed by atoms with E-state index in [0.717, 1.165) is 24.1 Å². The lowest BCUT2D eigenvalue weighted by Gasteiger charge is -2.45. The summed E-state index contributed by atoms with van der Waals surface area (Å²) in [6.07, 6.45) is 9.07. The summed E-state index contributed by atoms with van der Waals surface area (Å²) >= 11 is 0. The van der Waals surface area contributed by atoms with Gasteiger partial charge >= 0.3 is 0 Å². The van der Waals surface area contributed by atoms with Crippen molar-refractivity contribution < 1.29 is 4.74 Å². The van der Waals surface area contributed by atoms with E-state index in [1.165, 1.54) is 37.9 Å². The molecule has 3 aliphatic heterocycles. The molecule has 0 N–H and O–H groups in total. The lowest BCUT2D eigenvalue weighted by molar-refractivity contribution is 0.0498. The van der Waals surface area contributed by atoms with Gasteiger partial charge in [0.15, 0.2) is 0 Å². The minimum atomic E-state index is 0.733. The predicted octanol–water partition coefficient (Wildman–Crippen LogP) is 2.12. The van der Waals surface area contributed by atoms with Crippen molar-refractivity contribution in [1.29, 1.82) is 0 Å². The van der Waals surface area contributed by atoms with Crippen LogP contribution in [0, 0.1) is 5.92 Å². The van der Waals surface area contributed by atoms with E-state index in [-0.39, 0.29) is 0 Å². The Kier molecular flexibility index (Phi) is 3.02. The molecule has 0 saturated carbocycles. The van der Waals surface area contributed by atoms with Gasteiger partial charge in [0.1, 0.15) is 5.75 Å². The van der Waals surface area contributed by atoms with E-state index in [9.17, 15) is 0 Å². The Morgan fingerprint density at radius 3 is 2.82 bits per heavy atom. The first kappa shape index (κ1) is 11.0. The van der Waals surface area contributed by atoms with Crippen molar-refractivity contribution in [3.8, 4) is 5.75 Å². The van der Waals surface area contributed by atoms with Crippen LogP contribution < -0.4 is 4.74 Å². The van der Waals surface area contributed by atoms with Crippen molar-refractivity contribution in [1.82, 2.24) is 9.88 Å². The molecule has 1 unspecified atom stereocenters. The first-order valence-electron chi connectivity index (χ1n) is 6.57. The van der Waals surface area contributed by atoms with Crippen molar-refractivity contribution in [3.63, 3.8) is 0 Å². The van der Waals surface area contributed by atoms with Crippen LogP contribution in [0.4, 0.5) is 0 Å². The van der Waals surface area contributed by atoms with E-state index in [0.29, 0.717) is 0 Å². The van der Waals surface area contributed by atoms with Crippen LogP contribution in [0.25, 0.3) is 0 Å². The standard InChI is InChI=1S/C14H20N2O/c1-17-14-8-12(9-15-10-14)7-13-6-11-2-4-16(13)5-3-11/h8-11,13H,2-7H2,1H3. The first-order chi connectivity index (χ1) is 8.35. The number of pyridine rings is 1. The second-order valence-corrected chi connectivity index (χ2v) is 5.31. The van der Waals surface area contributed by atoms with Gasteiger partial charge in [-0.25, -0.2) is 0 Å². The van der Waals surface area contributed by atoms with Crippen LogP contribution in [-0.2, 0) is 6.42 Å². The molecule has 1 aromatic heterocycles. The van der Waals surface area contributed by atoms with Crippen LogP contribution >= 0.6 is 0 Å². The molecular formula is C14H20N2O. The summed E-state index contributed by atoms with van der Waals surface area (Å²) in [5, 5.41) is 0. The Balaban J connectivity index is 1.70. The second-order valence-electron chi connectivity index (χ2n) is 5.31. The molecular weight excluding hydrogens is 212 g/mol. The maximum absolute atomic E-state index is 5.23. The highest BCUT2D eigenvalue weighted by atomic mass is 16.5. The molecule has 4 heterocycles. The van der Waals surface area contributed by atoms with Gasteiger partial charge in [-0.05, 0) is 56.3 Å². The minimum absolute atomic E-state index is 0.733. The summed E-state index contributed by atoms with van der Waals surface area (Å²) in [5.41, 5.74) is 1.31. The lowest BCUT2D eigenvalue weighted by atomic mass is 9.81. The zero-order valence-electron chi connectivity index (χ0n) is 10.4. The Morgan fingerprint density at radius 1 is 1.35 bits per heavy atom. The molecule has 0 spiro atoms. The molecule has 3 heteroatoms. The Bertz CT molecular complexity index is 386. The fourth-order valence-electron chi connectivity index (χ4n) is 3.26. The zero-order valence-corrected chi connectivity index (χ0v) is 10.4. The number of piperidine rings is 3. The topological polar surface area (TPSA) is 25.4 Å². The molecule has 4 rings (SSSR count). The normalized spacial score (nSPS) is 31.5. The summed E-state index contributed by atoms with van der Waals surface area (Å²) in [6.45, 7) is 2.60. The second kappa shape index (κ2) is 4.65. The molecule has 92 valence electrons. The molecule has 3 aliphatic rings. The zero-order chi connectivity index (χ0) is 11.7. The Hall–Kier alpha value is -1.09. The van der Waals surface area contributed by atoms with Crippen LogP contribution in [-0.4, -0.2) is 36.1 Å². The predicted molar refractivity (Wildman–Crippen MR) is 67.2 cm³/mol. The van der Waals surface area contributed by atoms with Gasteiger partial charge in [-0.3, -0.25) is 4.98 Å². The number of rotatable bonds is 3. The smallest absolute Gasteiger partial charge is 0.137 e. The average Bonchev–Trinajstić information content (AvgIpc) is 2.40. The fourth-order valence-corrected chi connectivity index (χ4v) is 3.26. The highest BCUT2D eigenvalue weighted by Gasteiger charge is 2.33. The van der Waals surface area contributed by atoms with Crippen molar-refractivity contribution in [2.75, 3.05) is 20.2 Å². The van der Waals surface area contributed by atoms with Crippen molar-refractivity contribution in [2.24, 2.45) is 5.92 Å². The summed E-state index contributed by atoms with van der Waals surface area (Å²) in [6, 6.07) is 2.85. The number of hydrogen-bond acceptors (Lipinski definition) is 3. The van der Waals surface area contributed by atoms with Gasteiger partial charge < -0.3 is 9.64 Å². The number of nitrogens with zero attached hydrogens (tertiary/aromatic N) is 2. The third kappa shape index (κ3) is 2.29. The number of hydrogen-bond donors (Lipinski definition) is 0. The number of aromatic nitrogens is 1. The fraction of sp³-hybridized carbons (Fsp3) is 0.643. The molecule has 1 aromatic rings. The Labute approximate surface area is 103 Å². The van der Waals surface area contributed by atoms with Crippen molar-refractivity contribution >= 4 is 0 Å². The largest absolute Gasteiger partial charge is 0.495 e. The Morgan fingerprint density at radius 2 is 2.18 bits per heavy atom. The third-order valence-electron chi connectivity index (χ3n) is 4.25. The quantitative estimate of drug-likeness (QED) is 0.798. The van der Waals surface area contributed by atoms with E-state index >= 15 is 0 Å². The van der Waals surface area contributed by atoms with E-state index < -0.39 is 0 Å². The summed E-state index contributed by atoms with van der Waals surface area (Å²) in [7, 11) is 1.70. The average molecular weight is 232 g/mol. The highest BCUT2D eigenvalue weighted by molar-refractivity contribution is 5.24. The lowest BCUT2D eigenvalue weighted by Crippen LogP contribution is -2.49.